The monoisotopic (exact) mass is 362 g/mol. The highest BCUT2D eigenvalue weighted by molar-refractivity contribution is 5.89. The van der Waals surface area contributed by atoms with Crippen molar-refractivity contribution in [2.45, 2.75) is 32.3 Å². The van der Waals surface area contributed by atoms with Crippen LogP contribution >= 0.6 is 0 Å². The number of rotatable bonds is 7. The molecule has 0 bridgehead atoms. The molecule has 0 radical (unpaired) electrons. The molecular formula is C19H30N4O3. The van der Waals surface area contributed by atoms with E-state index in [1.807, 2.05) is 36.1 Å². The van der Waals surface area contributed by atoms with Gasteiger partial charge in [-0.05, 0) is 37.8 Å². The molecule has 2 rings (SSSR count). The number of hydrogen-bond donors (Lipinski definition) is 3. The highest BCUT2D eigenvalue weighted by Gasteiger charge is 2.25. The van der Waals surface area contributed by atoms with Gasteiger partial charge in [0.05, 0.1) is 12.5 Å². The molecule has 1 fully saturated rings. The summed E-state index contributed by atoms with van der Waals surface area (Å²) in [6, 6.07) is 7.43. The molecule has 26 heavy (non-hydrogen) atoms. The van der Waals surface area contributed by atoms with Crippen molar-refractivity contribution in [3.05, 3.63) is 29.8 Å². The number of ether oxygens (including phenoxy) is 1. The molecule has 1 aliphatic rings. The van der Waals surface area contributed by atoms with Crippen molar-refractivity contribution in [1.29, 1.82) is 0 Å². The zero-order valence-corrected chi connectivity index (χ0v) is 15.7. The van der Waals surface area contributed by atoms with Gasteiger partial charge in [-0.3, -0.25) is 4.79 Å². The van der Waals surface area contributed by atoms with Crippen molar-refractivity contribution in [3.8, 4) is 0 Å². The fourth-order valence-electron chi connectivity index (χ4n) is 3.09. The van der Waals surface area contributed by atoms with E-state index < -0.39 is 0 Å². The minimum atomic E-state index is -0.235. The van der Waals surface area contributed by atoms with E-state index in [-0.39, 0.29) is 24.0 Å². The van der Waals surface area contributed by atoms with Gasteiger partial charge in [-0.1, -0.05) is 17.7 Å². The fraction of sp³-hybridized carbons (Fsp3) is 0.579. The summed E-state index contributed by atoms with van der Waals surface area (Å²) in [5.74, 6) is 0.325. The van der Waals surface area contributed by atoms with Gasteiger partial charge in [0.15, 0.2) is 0 Å². The third-order valence-electron chi connectivity index (χ3n) is 4.73. The highest BCUT2D eigenvalue weighted by atomic mass is 16.5. The highest BCUT2D eigenvalue weighted by Crippen LogP contribution is 2.17. The summed E-state index contributed by atoms with van der Waals surface area (Å²) in [6.45, 7) is 4.30. The lowest BCUT2D eigenvalue weighted by Gasteiger charge is -2.33. The summed E-state index contributed by atoms with van der Waals surface area (Å²) in [6.07, 6.45) is 2.01. The number of nitrogens with two attached hydrogens (primary N) is 1. The molecule has 0 spiro atoms. The number of piperidine rings is 1. The molecule has 1 aromatic carbocycles. The average molecular weight is 362 g/mol. The van der Waals surface area contributed by atoms with Crippen molar-refractivity contribution in [3.63, 3.8) is 0 Å². The second-order valence-electron chi connectivity index (χ2n) is 6.85. The predicted octanol–water partition coefficient (Wildman–Crippen LogP) is 1.72. The van der Waals surface area contributed by atoms with Gasteiger partial charge in [-0.25, -0.2) is 4.79 Å². The van der Waals surface area contributed by atoms with E-state index in [9.17, 15) is 9.59 Å². The van der Waals surface area contributed by atoms with Crippen LogP contribution in [0.5, 0.6) is 0 Å². The summed E-state index contributed by atoms with van der Waals surface area (Å²) >= 11 is 0. The average Bonchev–Trinajstić information content (AvgIpc) is 2.66. The largest absolute Gasteiger partial charge is 0.380 e. The maximum absolute atomic E-state index is 12.4. The normalized spacial score (nSPS) is 18.3. The zero-order chi connectivity index (χ0) is 18.9. The van der Waals surface area contributed by atoms with E-state index in [1.165, 1.54) is 0 Å². The Kier molecular flexibility index (Phi) is 7.87. The SMILES string of the molecule is COC(CN)CC(=O)N1CCCC(CNC(=O)Nc2ccc(C)cc2)C1. The van der Waals surface area contributed by atoms with E-state index in [0.29, 0.717) is 26.1 Å². The van der Waals surface area contributed by atoms with Gasteiger partial charge in [-0.2, -0.15) is 0 Å². The van der Waals surface area contributed by atoms with Gasteiger partial charge in [-0.15, -0.1) is 0 Å². The van der Waals surface area contributed by atoms with Crippen LogP contribution in [-0.2, 0) is 9.53 Å². The van der Waals surface area contributed by atoms with Crippen LogP contribution in [0.1, 0.15) is 24.8 Å². The molecule has 0 saturated carbocycles. The molecule has 2 atom stereocenters. The summed E-state index contributed by atoms with van der Waals surface area (Å²) in [5.41, 5.74) is 7.50. The summed E-state index contributed by atoms with van der Waals surface area (Å²) in [5, 5.41) is 5.73. The van der Waals surface area contributed by atoms with Crippen molar-refractivity contribution >= 4 is 17.6 Å². The Morgan fingerprint density at radius 3 is 2.73 bits per heavy atom. The van der Waals surface area contributed by atoms with Gasteiger partial charge in [0, 0.05) is 39.0 Å². The summed E-state index contributed by atoms with van der Waals surface area (Å²) in [7, 11) is 1.57. The molecule has 1 aromatic rings. The second-order valence-corrected chi connectivity index (χ2v) is 6.85. The Morgan fingerprint density at radius 1 is 1.35 bits per heavy atom. The van der Waals surface area contributed by atoms with E-state index in [1.54, 1.807) is 7.11 Å². The first kappa shape index (κ1) is 20.2. The lowest BCUT2D eigenvalue weighted by molar-refractivity contribution is -0.135. The van der Waals surface area contributed by atoms with Crippen LogP contribution in [0.2, 0.25) is 0 Å². The van der Waals surface area contributed by atoms with Crippen molar-refractivity contribution in [2.75, 3.05) is 38.6 Å². The maximum Gasteiger partial charge on any atom is 0.319 e. The van der Waals surface area contributed by atoms with Crippen LogP contribution in [0.4, 0.5) is 10.5 Å². The number of carbonyl (C=O) groups is 2. The number of likely N-dealkylation sites (tertiary alicyclic amines) is 1. The van der Waals surface area contributed by atoms with Crippen LogP contribution in [0, 0.1) is 12.8 Å². The molecule has 1 saturated heterocycles. The molecule has 2 unspecified atom stereocenters. The fourth-order valence-corrected chi connectivity index (χ4v) is 3.09. The molecule has 3 amide bonds. The molecule has 4 N–H and O–H groups in total. The van der Waals surface area contributed by atoms with Gasteiger partial charge < -0.3 is 26.0 Å². The minimum absolute atomic E-state index is 0.0658. The number of benzene rings is 1. The number of methoxy groups -OCH3 is 1. The molecule has 1 aliphatic heterocycles. The maximum atomic E-state index is 12.4. The molecule has 1 heterocycles. The molecule has 0 aliphatic carbocycles. The number of hydrogen-bond acceptors (Lipinski definition) is 4. The first-order valence-electron chi connectivity index (χ1n) is 9.14. The van der Waals surface area contributed by atoms with Gasteiger partial charge >= 0.3 is 6.03 Å². The van der Waals surface area contributed by atoms with Crippen LogP contribution in [-0.4, -0.2) is 56.2 Å². The Morgan fingerprint density at radius 2 is 2.08 bits per heavy atom. The smallest absolute Gasteiger partial charge is 0.319 e. The van der Waals surface area contributed by atoms with E-state index in [0.717, 1.165) is 30.6 Å². The van der Waals surface area contributed by atoms with Gasteiger partial charge in [0.2, 0.25) is 5.91 Å². The standard InChI is InChI=1S/C19H30N4O3/c1-14-5-7-16(8-6-14)22-19(25)21-12-15-4-3-9-23(13-15)18(24)10-17(11-20)26-2/h5-8,15,17H,3-4,9-13,20H2,1-2H3,(H2,21,22,25). The zero-order valence-electron chi connectivity index (χ0n) is 15.7. The number of aryl methyl sites for hydroxylation is 1. The van der Waals surface area contributed by atoms with E-state index in [4.69, 9.17) is 10.5 Å². The Labute approximate surface area is 155 Å². The van der Waals surface area contributed by atoms with Gasteiger partial charge in [0.25, 0.3) is 0 Å². The number of anilines is 1. The number of amides is 3. The predicted molar refractivity (Wildman–Crippen MR) is 102 cm³/mol. The summed E-state index contributed by atoms with van der Waals surface area (Å²) in [4.78, 5) is 26.3. The number of nitrogens with one attached hydrogen (secondary N) is 2. The molecular weight excluding hydrogens is 332 g/mol. The Balaban J connectivity index is 1.76. The van der Waals surface area contributed by atoms with E-state index >= 15 is 0 Å². The molecule has 144 valence electrons. The van der Waals surface area contributed by atoms with Crippen LogP contribution in [0.3, 0.4) is 0 Å². The van der Waals surface area contributed by atoms with Gasteiger partial charge in [0.1, 0.15) is 0 Å². The third kappa shape index (κ3) is 6.31. The topological polar surface area (TPSA) is 96.7 Å². The minimum Gasteiger partial charge on any atom is -0.380 e. The van der Waals surface area contributed by atoms with Crippen LogP contribution in [0.15, 0.2) is 24.3 Å². The van der Waals surface area contributed by atoms with Crippen molar-refractivity contribution in [2.24, 2.45) is 11.7 Å². The quantitative estimate of drug-likeness (QED) is 0.688. The number of carbonyl (C=O) groups excluding carboxylic acids is 2. The van der Waals surface area contributed by atoms with Crippen LogP contribution < -0.4 is 16.4 Å². The number of nitrogens with zero attached hydrogens (tertiary/aromatic N) is 1. The lowest BCUT2D eigenvalue weighted by atomic mass is 9.97. The third-order valence-corrected chi connectivity index (χ3v) is 4.73. The first-order valence-corrected chi connectivity index (χ1v) is 9.14. The second kappa shape index (κ2) is 10.1. The van der Waals surface area contributed by atoms with Crippen molar-refractivity contribution in [1.82, 2.24) is 10.2 Å². The van der Waals surface area contributed by atoms with Crippen molar-refractivity contribution < 1.29 is 14.3 Å². The lowest BCUT2D eigenvalue weighted by Crippen LogP contribution is -2.45. The molecule has 0 aromatic heterocycles. The van der Waals surface area contributed by atoms with Crippen LogP contribution in [0.25, 0.3) is 0 Å². The molecule has 7 nitrogen and oxygen atoms in total. The Bertz CT molecular complexity index is 587. The summed E-state index contributed by atoms with van der Waals surface area (Å²) < 4.78 is 5.19. The number of urea groups is 1. The Hall–Kier alpha value is -2.12. The first-order chi connectivity index (χ1) is 12.5. The van der Waals surface area contributed by atoms with E-state index in [2.05, 4.69) is 10.6 Å². The molecule has 7 heteroatoms.